The maximum atomic E-state index is 12.3. The van der Waals surface area contributed by atoms with Gasteiger partial charge in [-0.05, 0) is 29.8 Å². The molecule has 0 spiro atoms. The highest BCUT2D eigenvalue weighted by atomic mass is 16.2. The Morgan fingerprint density at radius 2 is 1.90 bits per heavy atom. The van der Waals surface area contributed by atoms with Crippen LogP contribution in [0.3, 0.4) is 0 Å². The molecule has 3 N–H and O–H groups in total. The zero-order chi connectivity index (χ0) is 14.1. The molecule has 6 nitrogen and oxygen atoms in total. The Hall–Kier alpha value is -2.89. The third-order valence-corrected chi connectivity index (χ3v) is 3.07. The fourth-order valence-electron chi connectivity index (χ4n) is 2.13. The quantitative estimate of drug-likeness (QED) is 0.716. The van der Waals surface area contributed by atoms with Crippen molar-refractivity contribution in [2.24, 2.45) is 0 Å². The molecule has 20 heavy (non-hydrogen) atoms. The number of aromatic nitrogens is 3. The molecule has 2 aromatic heterocycles. The van der Waals surface area contributed by atoms with Gasteiger partial charge in [0.2, 0.25) is 0 Å². The molecule has 0 bridgehead atoms. The molecule has 0 aliphatic carbocycles. The van der Waals surface area contributed by atoms with Crippen molar-refractivity contribution in [1.82, 2.24) is 14.8 Å². The Balaban J connectivity index is 2.16. The Morgan fingerprint density at radius 3 is 2.65 bits per heavy atom. The highest BCUT2D eigenvalue weighted by Crippen LogP contribution is 2.06. The topological polar surface area (TPSA) is 93.8 Å². The van der Waals surface area contributed by atoms with Gasteiger partial charge in [-0.3, -0.25) is 14.7 Å². The molecule has 0 aliphatic rings. The molecule has 6 heteroatoms. The van der Waals surface area contributed by atoms with E-state index in [0.29, 0.717) is 16.6 Å². The van der Waals surface area contributed by atoms with Gasteiger partial charge in [-0.15, -0.1) is 0 Å². The number of nitrogens with two attached hydrogens (primary N) is 1. The molecule has 3 rings (SSSR count). The van der Waals surface area contributed by atoms with Crippen LogP contribution in [-0.4, -0.2) is 14.8 Å². The number of nitrogen functional groups attached to an aromatic ring is 1. The van der Waals surface area contributed by atoms with E-state index in [4.69, 9.17) is 5.73 Å². The Morgan fingerprint density at radius 1 is 1.15 bits per heavy atom. The molecule has 3 aromatic rings. The minimum Gasteiger partial charge on any atom is -0.384 e. The number of aromatic amines is 1. The van der Waals surface area contributed by atoms with Gasteiger partial charge in [0.05, 0.1) is 17.3 Å². The number of hydrogen-bond acceptors (Lipinski definition) is 4. The van der Waals surface area contributed by atoms with E-state index in [2.05, 4.69) is 10.1 Å². The van der Waals surface area contributed by atoms with E-state index in [1.807, 2.05) is 0 Å². The third kappa shape index (κ3) is 2.07. The summed E-state index contributed by atoms with van der Waals surface area (Å²) in [6.45, 7) is 0.242. The van der Waals surface area contributed by atoms with Crippen LogP contribution < -0.4 is 16.9 Å². The maximum Gasteiger partial charge on any atom is 0.273 e. The average molecular weight is 268 g/mol. The molecule has 0 atom stereocenters. The van der Waals surface area contributed by atoms with Crippen molar-refractivity contribution >= 4 is 16.6 Å². The molecule has 0 fully saturated rings. The van der Waals surface area contributed by atoms with E-state index in [0.717, 1.165) is 5.56 Å². The van der Waals surface area contributed by atoms with Crippen molar-refractivity contribution in [3.8, 4) is 0 Å². The van der Waals surface area contributed by atoms with Crippen molar-refractivity contribution < 1.29 is 0 Å². The fraction of sp³-hybridized carbons (Fsp3) is 0.0714. The van der Waals surface area contributed by atoms with Crippen LogP contribution in [0.5, 0.6) is 0 Å². The smallest absolute Gasteiger partial charge is 0.273 e. The Labute approximate surface area is 113 Å². The van der Waals surface area contributed by atoms with E-state index >= 15 is 0 Å². The van der Waals surface area contributed by atoms with Gasteiger partial charge in [0, 0.05) is 6.20 Å². The molecule has 0 unspecified atom stereocenters. The highest BCUT2D eigenvalue weighted by molar-refractivity contribution is 5.80. The van der Waals surface area contributed by atoms with E-state index in [9.17, 15) is 9.59 Å². The first-order chi connectivity index (χ1) is 9.65. The summed E-state index contributed by atoms with van der Waals surface area (Å²) >= 11 is 0. The molecule has 2 heterocycles. The molecule has 100 valence electrons. The number of hydrogen-bond donors (Lipinski definition) is 2. The van der Waals surface area contributed by atoms with Crippen molar-refractivity contribution in [3.05, 3.63) is 68.9 Å². The van der Waals surface area contributed by atoms with Crippen LogP contribution in [0.1, 0.15) is 5.56 Å². The predicted molar refractivity (Wildman–Crippen MR) is 76.6 cm³/mol. The van der Waals surface area contributed by atoms with Crippen molar-refractivity contribution in [3.63, 3.8) is 0 Å². The molecular formula is C14H12N4O2. The third-order valence-electron chi connectivity index (χ3n) is 3.07. The van der Waals surface area contributed by atoms with Gasteiger partial charge in [0.25, 0.3) is 11.1 Å². The number of rotatable bonds is 2. The van der Waals surface area contributed by atoms with Gasteiger partial charge in [0.1, 0.15) is 5.82 Å². The van der Waals surface area contributed by atoms with Crippen LogP contribution in [0.2, 0.25) is 0 Å². The molecule has 1 aromatic carbocycles. The number of nitrogens with one attached hydrogen (secondary N) is 1. The summed E-state index contributed by atoms with van der Waals surface area (Å²) in [6.07, 6.45) is 1.56. The predicted octanol–water partition coefficient (Wildman–Crippen LogP) is 0.715. The molecule has 0 amide bonds. The van der Waals surface area contributed by atoms with Crippen molar-refractivity contribution in [1.29, 1.82) is 0 Å². The number of pyridine rings is 1. The second kappa shape index (κ2) is 4.65. The molecular weight excluding hydrogens is 256 g/mol. The summed E-state index contributed by atoms with van der Waals surface area (Å²) in [5.74, 6) is 0.374. The number of nitrogens with zero attached hydrogens (tertiary/aromatic N) is 2. The molecule has 0 saturated heterocycles. The average Bonchev–Trinajstić information content (AvgIpc) is 2.45. The van der Waals surface area contributed by atoms with Crippen LogP contribution in [0.25, 0.3) is 10.8 Å². The van der Waals surface area contributed by atoms with Crippen LogP contribution in [0, 0.1) is 0 Å². The van der Waals surface area contributed by atoms with E-state index in [1.54, 1.807) is 42.6 Å². The SMILES string of the molecule is Nc1cc(Cn2[nH]c(=O)c3ccccc3c2=O)ccn1. The van der Waals surface area contributed by atoms with Crippen LogP contribution >= 0.6 is 0 Å². The second-order valence-corrected chi connectivity index (χ2v) is 4.47. The van der Waals surface area contributed by atoms with Gasteiger partial charge in [-0.2, -0.15) is 0 Å². The van der Waals surface area contributed by atoms with E-state index in [-0.39, 0.29) is 17.7 Å². The zero-order valence-electron chi connectivity index (χ0n) is 10.5. The van der Waals surface area contributed by atoms with Gasteiger partial charge in [0.15, 0.2) is 0 Å². The Kier molecular flexibility index (Phi) is 2.83. The first-order valence-electron chi connectivity index (χ1n) is 6.07. The lowest BCUT2D eigenvalue weighted by Gasteiger charge is -2.07. The summed E-state index contributed by atoms with van der Waals surface area (Å²) in [6, 6.07) is 10.1. The van der Waals surface area contributed by atoms with Gasteiger partial charge < -0.3 is 5.73 Å². The van der Waals surface area contributed by atoms with E-state index < -0.39 is 0 Å². The fourth-order valence-corrected chi connectivity index (χ4v) is 2.13. The van der Waals surface area contributed by atoms with Crippen LogP contribution in [0.15, 0.2) is 52.2 Å². The lowest BCUT2D eigenvalue weighted by atomic mass is 10.2. The minimum atomic E-state index is -0.290. The first-order valence-corrected chi connectivity index (χ1v) is 6.07. The highest BCUT2D eigenvalue weighted by Gasteiger charge is 2.07. The minimum absolute atomic E-state index is 0.240. The molecule has 0 aliphatic heterocycles. The number of H-pyrrole nitrogens is 1. The van der Waals surface area contributed by atoms with Crippen LogP contribution in [0.4, 0.5) is 5.82 Å². The number of fused-ring (bicyclic) bond motifs is 1. The number of anilines is 1. The Bertz CT molecular complexity index is 895. The van der Waals surface area contributed by atoms with Gasteiger partial charge in [-0.25, -0.2) is 9.67 Å². The lowest BCUT2D eigenvalue weighted by molar-refractivity contribution is 0.636. The van der Waals surface area contributed by atoms with Crippen LogP contribution in [-0.2, 0) is 6.54 Å². The standard InChI is InChI=1S/C14H12N4O2/c15-12-7-9(5-6-16-12)8-18-14(20)11-4-2-1-3-10(11)13(19)17-18/h1-7H,8H2,(H2,15,16)(H,17,19). The lowest BCUT2D eigenvalue weighted by Crippen LogP contribution is -2.30. The normalized spacial score (nSPS) is 10.8. The van der Waals surface area contributed by atoms with E-state index in [1.165, 1.54) is 4.68 Å². The number of benzene rings is 1. The molecule has 0 radical (unpaired) electrons. The largest absolute Gasteiger partial charge is 0.384 e. The van der Waals surface area contributed by atoms with Crippen molar-refractivity contribution in [2.75, 3.05) is 5.73 Å². The summed E-state index contributed by atoms with van der Waals surface area (Å²) in [4.78, 5) is 28.2. The van der Waals surface area contributed by atoms with Crippen molar-refractivity contribution in [2.45, 2.75) is 6.54 Å². The second-order valence-electron chi connectivity index (χ2n) is 4.47. The van der Waals surface area contributed by atoms with Gasteiger partial charge >= 0.3 is 0 Å². The monoisotopic (exact) mass is 268 g/mol. The summed E-state index contributed by atoms with van der Waals surface area (Å²) in [7, 11) is 0. The zero-order valence-corrected chi connectivity index (χ0v) is 10.5. The van der Waals surface area contributed by atoms with Gasteiger partial charge in [-0.1, -0.05) is 12.1 Å². The summed E-state index contributed by atoms with van der Waals surface area (Å²) in [5, 5.41) is 3.37. The summed E-state index contributed by atoms with van der Waals surface area (Å²) in [5.41, 5.74) is 5.87. The first kappa shape index (κ1) is 12.2. The maximum absolute atomic E-state index is 12.3. The molecule has 0 saturated carbocycles. The summed E-state index contributed by atoms with van der Waals surface area (Å²) < 4.78 is 1.28.